The third-order valence-corrected chi connectivity index (χ3v) is 6.57. The zero-order valence-electron chi connectivity index (χ0n) is 20.6. The number of likely N-dealkylation sites (tertiary alicyclic amines) is 1. The lowest BCUT2D eigenvalue weighted by molar-refractivity contribution is -0.149. The van der Waals surface area contributed by atoms with Crippen molar-refractivity contribution in [3.8, 4) is 17.2 Å². The summed E-state index contributed by atoms with van der Waals surface area (Å²) in [6.45, 7) is 10.3. The molecule has 3 atom stereocenters. The van der Waals surface area contributed by atoms with Gasteiger partial charge < -0.3 is 24.3 Å². The summed E-state index contributed by atoms with van der Waals surface area (Å²) in [6.07, 6.45) is 0. The molecule has 0 aromatic heterocycles. The predicted molar refractivity (Wildman–Crippen MR) is 130 cm³/mol. The van der Waals surface area contributed by atoms with E-state index in [9.17, 15) is 4.79 Å². The topological polar surface area (TPSA) is 69.3 Å². The number of ether oxygens (including phenoxy) is 4. The number of rotatable bonds is 10. The molecule has 184 valence electrons. The molecule has 4 rings (SSSR count). The Labute approximate surface area is 202 Å². The Morgan fingerprint density at radius 3 is 2.56 bits per heavy atom. The molecular formula is C27H36N2O5. The van der Waals surface area contributed by atoms with Gasteiger partial charge in [-0.15, -0.1) is 0 Å². The molecule has 7 nitrogen and oxygen atoms in total. The summed E-state index contributed by atoms with van der Waals surface area (Å²) in [5, 5.41) is 3.55. The van der Waals surface area contributed by atoms with E-state index in [0.29, 0.717) is 12.5 Å². The molecule has 34 heavy (non-hydrogen) atoms. The van der Waals surface area contributed by atoms with Crippen molar-refractivity contribution in [1.29, 1.82) is 0 Å². The largest absolute Gasteiger partial charge is 0.497 e. The smallest absolute Gasteiger partial charge is 0.311 e. The fourth-order valence-corrected chi connectivity index (χ4v) is 4.98. The molecule has 7 heteroatoms. The van der Waals surface area contributed by atoms with Crippen LogP contribution in [-0.4, -0.2) is 57.6 Å². The van der Waals surface area contributed by atoms with Crippen molar-refractivity contribution in [2.24, 2.45) is 11.8 Å². The van der Waals surface area contributed by atoms with Crippen molar-refractivity contribution >= 4 is 5.97 Å². The molecule has 2 aromatic carbocycles. The molecule has 0 spiro atoms. The second kappa shape index (κ2) is 11.1. The normalized spacial score (nSPS) is 21.7. The molecule has 0 saturated carbocycles. The van der Waals surface area contributed by atoms with E-state index >= 15 is 0 Å². The van der Waals surface area contributed by atoms with E-state index in [0.717, 1.165) is 54.6 Å². The number of benzene rings is 2. The van der Waals surface area contributed by atoms with Crippen molar-refractivity contribution in [3.63, 3.8) is 0 Å². The van der Waals surface area contributed by atoms with Crippen LogP contribution < -0.4 is 19.5 Å². The van der Waals surface area contributed by atoms with Gasteiger partial charge in [0.2, 0.25) is 6.79 Å². The van der Waals surface area contributed by atoms with Gasteiger partial charge in [-0.25, -0.2) is 0 Å². The maximum absolute atomic E-state index is 13.4. The SMILES string of the molecule is CCOC(=O)C1C(c2ccc3c(c2)OCO3)CN(CCNCC(C)C)C1c1ccc(OC)cc1. The van der Waals surface area contributed by atoms with Crippen LogP contribution in [0.5, 0.6) is 17.2 Å². The minimum absolute atomic E-state index is 0.0225. The second-order valence-electron chi connectivity index (χ2n) is 9.31. The highest BCUT2D eigenvalue weighted by Crippen LogP contribution is 2.48. The first kappa shape index (κ1) is 24.4. The molecule has 2 heterocycles. The zero-order chi connectivity index (χ0) is 24.1. The fraction of sp³-hybridized carbons (Fsp3) is 0.519. The van der Waals surface area contributed by atoms with E-state index < -0.39 is 0 Å². The van der Waals surface area contributed by atoms with Crippen LogP contribution in [0.2, 0.25) is 0 Å². The van der Waals surface area contributed by atoms with Gasteiger partial charge in [0.1, 0.15) is 5.75 Å². The minimum Gasteiger partial charge on any atom is -0.497 e. The third kappa shape index (κ3) is 5.31. The average molecular weight is 469 g/mol. The molecule has 1 fully saturated rings. The minimum atomic E-state index is -0.334. The summed E-state index contributed by atoms with van der Waals surface area (Å²) in [7, 11) is 1.66. The van der Waals surface area contributed by atoms with Crippen LogP contribution in [-0.2, 0) is 9.53 Å². The molecule has 1 N–H and O–H groups in total. The molecular weight excluding hydrogens is 432 g/mol. The number of carbonyl (C=O) groups is 1. The first-order valence-corrected chi connectivity index (χ1v) is 12.2. The first-order chi connectivity index (χ1) is 16.5. The summed E-state index contributed by atoms with van der Waals surface area (Å²) in [6, 6.07) is 14.0. The van der Waals surface area contributed by atoms with Gasteiger partial charge in [0.25, 0.3) is 0 Å². The monoisotopic (exact) mass is 468 g/mol. The molecule has 3 unspecified atom stereocenters. The molecule has 0 bridgehead atoms. The molecule has 0 radical (unpaired) electrons. The molecule has 0 amide bonds. The lowest BCUT2D eigenvalue weighted by Gasteiger charge is -2.28. The van der Waals surface area contributed by atoms with Gasteiger partial charge in [-0.3, -0.25) is 9.69 Å². The van der Waals surface area contributed by atoms with Gasteiger partial charge in [0.05, 0.1) is 19.6 Å². The molecule has 2 aliphatic rings. The zero-order valence-corrected chi connectivity index (χ0v) is 20.6. The van der Waals surface area contributed by atoms with Gasteiger partial charge >= 0.3 is 5.97 Å². The predicted octanol–water partition coefficient (Wildman–Crippen LogP) is 3.99. The highest BCUT2D eigenvalue weighted by Gasteiger charge is 2.48. The maximum atomic E-state index is 13.4. The van der Waals surface area contributed by atoms with Crippen LogP contribution in [0.3, 0.4) is 0 Å². The molecule has 0 aliphatic carbocycles. The number of hydrogen-bond acceptors (Lipinski definition) is 7. The van der Waals surface area contributed by atoms with E-state index in [1.54, 1.807) is 7.11 Å². The van der Waals surface area contributed by atoms with E-state index in [1.165, 1.54) is 0 Å². The van der Waals surface area contributed by atoms with Crippen molar-refractivity contribution in [2.45, 2.75) is 32.7 Å². The van der Waals surface area contributed by atoms with Crippen LogP contribution in [0.1, 0.15) is 43.9 Å². The molecule has 2 aromatic rings. The maximum Gasteiger partial charge on any atom is 0.311 e. The second-order valence-corrected chi connectivity index (χ2v) is 9.31. The van der Waals surface area contributed by atoms with Crippen molar-refractivity contribution < 1.29 is 23.7 Å². The number of nitrogens with zero attached hydrogens (tertiary/aromatic N) is 1. The summed E-state index contributed by atoms with van der Waals surface area (Å²) in [4.78, 5) is 15.8. The third-order valence-electron chi connectivity index (χ3n) is 6.57. The summed E-state index contributed by atoms with van der Waals surface area (Å²) < 4.78 is 22.1. The Morgan fingerprint density at radius 1 is 1.12 bits per heavy atom. The van der Waals surface area contributed by atoms with Crippen LogP contribution in [0.25, 0.3) is 0 Å². The number of carbonyl (C=O) groups excluding carboxylic acids is 1. The van der Waals surface area contributed by atoms with Crippen LogP contribution >= 0.6 is 0 Å². The Morgan fingerprint density at radius 2 is 1.85 bits per heavy atom. The van der Waals surface area contributed by atoms with E-state index in [4.69, 9.17) is 18.9 Å². The Hall–Kier alpha value is -2.77. The summed E-state index contributed by atoms with van der Waals surface area (Å²) in [5.41, 5.74) is 2.16. The Bertz CT molecular complexity index is 962. The van der Waals surface area contributed by atoms with Crippen molar-refractivity contribution in [2.75, 3.05) is 46.7 Å². The van der Waals surface area contributed by atoms with E-state index in [2.05, 4.69) is 42.3 Å². The first-order valence-electron chi connectivity index (χ1n) is 12.2. The number of hydrogen-bond donors (Lipinski definition) is 1. The molecule has 1 saturated heterocycles. The van der Waals surface area contributed by atoms with Crippen LogP contribution in [0, 0.1) is 11.8 Å². The van der Waals surface area contributed by atoms with E-state index in [-0.39, 0.29) is 30.6 Å². The lowest BCUT2D eigenvalue weighted by Crippen LogP contribution is -2.35. The Balaban J connectivity index is 1.67. The standard InChI is InChI=1S/C27H36N2O5/c1-5-32-27(30)25-22(20-8-11-23-24(14-20)34-17-33-23)16-29(13-12-28-15-18(2)3)26(25)19-6-9-21(31-4)10-7-19/h6-11,14,18,22,25-26,28H,5,12-13,15-17H2,1-4H3. The highest BCUT2D eigenvalue weighted by molar-refractivity contribution is 5.76. The quantitative estimate of drug-likeness (QED) is 0.418. The highest BCUT2D eigenvalue weighted by atomic mass is 16.7. The van der Waals surface area contributed by atoms with Crippen molar-refractivity contribution in [1.82, 2.24) is 10.2 Å². The summed E-state index contributed by atoms with van der Waals surface area (Å²) >= 11 is 0. The van der Waals surface area contributed by atoms with Gasteiger partial charge in [-0.1, -0.05) is 32.0 Å². The number of methoxy groups -OCH3 is 1. The van der Waals surface area contributed by atoms with Crippen molar-refractivity contribution in [3.05, 3.63) is 53.6 Å². The van der Waals surface area contributed by atoms with Gasteiger partial charge in [-0.05, 0) is 54.8 Å². The fourth-order valence-electron chi connectivity index (χ4n) is 4.98. The molecule has 2 aliphatic heterocycles. The number of fused-ring (bicyclic) bond motifs is 1. The van der Waals surface area contributed by atoms with Crippen LogP contribution in [0.15, 0.2) is 42.5 Å². The lowest BCUT2D eigenvalue weighted by atomic mass is 9.82. The summed E-state index contributed by atoms with van der Waals surface area (Å²) in [5.74, 6) is 2.35. The van der Waals surface area contributed by atoms with Gasteiger partial charge in [0.15, 0.2) is 11.5 Å². The number of nitrogens with one attached hydrogen (secondary N) is 1. The Kier molecular flexibility index (Phi) is 7.95. The van der Waals surface area contributed by atoms with Gasteiger partial charge in [0, 0.05) is 31.6 Å². The van der Waals surface area contributed by atoms with Gasteiger partial charge in [-0.2, -0.15) is 0 Å². The number of esters is 1. The van der Waals surface area contributed by atoms with Crippen LogP contribution in [0.4, 0.5) is 0 Å². The average Bonchev–Trinajstić information content (AvgIpc) is 3.46. The van der Waals surface area contributed by atoms with E-state index in [1.807, 2.05) is 31.2 Å².